The summed E-state index contributed by atoms with van der Waals surface area (Å²) >= 11 is 0. The first-order valence-electron chi connectivity index (χ1n) is 9.74. The van der Waals surface area contributed by atoms with E-state index in [0.717, 1.165) is 12.8 Å². The number of amides is 1. The fourth-order valence-corrected chi connectivity index (χ4v) is 2.24. The third-order valence-electron chi connectivity index (χ3n) is 4.24. The van der Waals surface area contributed by atoms with Gasteiger partial charge in [0.15, 0.2) is 0 Å². The van der Waals surface area contributed by atoms with E-state index in [1.54, 1.807) is 4.90 Å². The van der Waals surface area contributed by atoms with Crippen molar-refractivity contribution < 1.29 is 24.2 Å². The fourth-order valence-electron chi connectivity index (χ4n) is 2.24. The van der Waals surface area contributed by atoms with Gasteiger partial charge in [-0.15, -0.1) is 0 Å². The fraction of sp³-hybridized carbons (Fsp3) is 0.900. The highest BCUT2D eigenvalue weighted by Gasteiger charge is 2.19. The molecule has 1 N–H and O–H groups in total. The molecule has 0 aromatic rings. The van der Waals surface area contributed by atoms with Crippen LogP contribution >= 0.6 is 0 Å². The molecule has 26 heavy (non-hydrogen) atoms. The number of ether oxygens (including phenoxy) is 2. The maximum atomic E-state index is 12.5. The summed E-state index contributed by atoms with van der Waals surface area (Å²) in [7, 11) is 0. The number of hydrogen-bond acceptors (Lipinski definition) is 4. The number of carboxylic acid groups (broad SMARTS) is 1. The van der Waals surface area contributed by atoms with E-state index in [-0.39, 0.29) is 23.5 Å². The summed E-state index contributed by atoms with van der Waals surface area (Å²) in [6.45, 7) is 14.2. The molecule has 6 heteroatoms. The van der Waals surface area contributed by atoms with Gasteiger partial charge in [0.25, 0.3) is 0 Å². The first kappa shape index (κ1) is 24.9. The predicted octanol–water partition coefficient (Wildman–Crippen LogP) is 3.87. The lowest BCUT2D eigenvalue weighted by Gasteiger charge is -2.28. The Kier molecular flexibility index (Phi) is 11.7. The zero-order valence-electron chi connectivity index (χ0n) is 17.6. The number of carboxylic acids is 1. The van der Waals surface area contributed by atoms with E-state index in [4.69, 9.17) is 14.6 Å². The van der Waals surface area contributed by atoms with Crippen molar-refractivity contribution in [2.45, 2.75) is 91.3 Å². The molecule has 0 aliphatic heterocycles. The highest BCUT2D eigenvalue weighted by Crippen LogP contribution is 2.14. The number of unbranched alkanes of at least 4 members (excludes halogenated alkanes) is 2. The van der Waals surface area contributed by atoms with Crippen molar-refractivity contribution >= 4 is 11.9 Å². The highest BCUT2D eigenvalue weighted by atomic mass is 16.5. The van der Waals surface area contributed by atoms with Gasteiger partial charge in [-0.25, -0.2) is 0 Å². The molecule has 0 unspecified atom stereocenters. The minimum absolute atomic E-state index is 0.0794. The molecular weight excluding hydrogens is 334 g/mol. The highest BCUT2D eigenvalue weighted by molar-refractivity contribution is 5.76. The van der Waals surface area contributed by atoms with Crippen molar-refractivity contribution in [1.29, 1.82) is 0 Å². The molecule has 0 fully saturated rings. The van der Waals surface area contributed by atoms with Crippen LogP contribution in [0.2, 0.25) is 0 Å². The summed E-state index contributed by atoms with van der Waals surface area (Å²) in [5.41, 5.74) is -0.417. The van der Waals surface area contributed by atoms with Crippen LogP contribution in [0, 0.1) is 0 Å². The molecule has 0 aliphatic carbocycles. The maximum absolute atomic E-state index is 12.5. The lowest BCUT2D eigenvalue weighted by molar-refractivity contribution is -0.137. The zero-order valence-corrected chi connectivity index (χ0v) is 17.6. The third kappa shape index (κ3) is 14.1. The van der Waals surface area contributed by atoms with Crippen molar-refractivity contribution in [2.75, 3.05) is 26.3 Å². The molecule has 154 valence electrons. The van der Waals surface area contributed by atoms with Crippen LogP contribution in [0.1, 0.15) is 80.1 Å². The average Bonchev–Trinajstić information content (AvgIpc) is 2.51. The van der Waals surface area contributed by atoms with Gasteiger partial charge in [0, 0.05) is 25.9 Å². The molecule has 0 saturated carbocycles. The van der Waals surface area contributed by atoms with Crippen LogP contribution in [0.3, 0.4) is 0 Å². The Balaban J connectivity index is 4.40. The minimum atomic E-state index is -0.784. The number of hydrogen-bond donors (Lipinski definition) is 1. The third-order valence-corrected chi connectivity index (χ3v) is 4.24. The van der Waals surface area contributed by atoms with Crippen molar-refractivity contribution in [3.05, 3.63) is 0 Å². The summed E-state index contributed by atoms with van der Waals surface area (Å²) in [4.78, 5) is 24.8. The first-order chi connectivity index (χ1) is 12.0. The normalized spacial score (nSPS) is 12.2. The topological polar surface area (TPSA) is 76.1 Å². The van der Waals surface area contributed by atoms with Gasteiger partial charge < -0.3 is 19.5 Å². The standard InChI is InChI=1S/C20H39NO5/c1-7-20(5,6)26-16-14-21(13-15-25-19(2,3)4)17(22)11-9-8-10-12-18(23)24/h7-16H2,1-6H3,(H,23,24). The van der Waals surface area contributed by atoms with E-state index in [0.29, 0.717) is 45.6 Å². The van der Waals surface area contributed by atoms with E-state index in [1.165, 1.54) is 0 Å². The summed E-state index contributed by atoms with van der Waals surface area (Å²) in [5, 5.41) is 8.65. The largest absolute Gasteiger partial charge is 0.481 e. The van der Waals surface area contributed by atoms with Crippen LogP contribution in [0.5, 0.6) is 0 Å². The van der Waals surface area contributed by atoms with Gasteiger partial charge >= 0.3 is 5.97 Å². The molecule has 0 aromatic heterocycles. The van der Waals surface area contributed by atoms with Gasteiger partial charge in [0.2, 0.25) is 5.91 Å². The lowest BCUT2D eigenvalue weighted by Crippen LogP contribution is -2.39. The second-order valence-corrected chi connectivity index (χ2v) is 8.26. The zero-order chi connectivity index (χ0) is 20.2. The summed E-state index contributed by atoms with van der Waals surface area (Å²) in [5.74, 6) is -0.705. The van der Waals surface area contributed by atoms with Crippen LogP contribution in [0.25, 0.3) is 0 Å². The molecule has 0 heterocycles. The molecule has 0 atom stereocenters. The molecule has 0 aromatic carbocycles. The average molecular weight is 374 g/mol. The lowest BCUT2D eigenvalue weighted by atomic mass is 10.1. The Morgan fingerprint density at radius 1 is 0.885 bits per heavy atom. The van der Waals surface area contributed by atoms with Crippen molar-refractivity contribution in [2.24, 2.45) is 0 Å². The monoisotopic (exact) mass is 373 g/mol. The smallest absolute Gasteiger partial charge is 0.303 e. The Morgan fingerprint density at radius 3 is 1.92 bits per heavy atom. The molecule has 1 amide bonds. The summed E-state index contributed by atoms with van der Waals surface area (Å²) in [6.07, 6.45) is 3.60. The number of carbonyl (C=O) groups is 2. The van der Waals surface area contributed by atoms with Crippen molar-refractivity contribution in [3.63, 3.8) is 0 Å². The Morgan fingerprint density at radius 2 is 1.42 bits per heavy atom. The molecule has 0 saturated heterocycles. The van der Waals surface area contributed by atoms with E-state index in [9.17, 15) is 9.59 Å². The second-order valence-electron chi connectivity index (χ2n) is 8.26. The quantitative estimate of drug-likeness (QED) is 0.468. The number of aliphatic carboxylic acids is 1. The SMILES string of the molecule is CCC(C)(C)OCCN(CCOC(C)(C)C)C(=O)CCCCCC(=O)O. The Labute approximate surface area is 159 Å². The summed E-state index contributed by atoms with van der Waals surface area (Å²) in [6, 6.07) is 0. The van der Waals surface area contributed by atoms with Crippen molar-refractivity contribution in [3.8, 4) is 0 Å². The summed E-state index contributed by atoms with van der Waals surface area (Å²) < 4.78 is 11.6. The van der Waals surface area contributed by atoms with Crippen LogP contribution in [0.4, 0.5) is 0 Å². The molecule has 0 radical (unpaired) electrons. The molecule has 0 rings (SSSR count). The van der Waals surface area contributed by atoms with Gasteiger partial charge in [-0.1, -0.05) is 13.3 Å². The Bertz CT molecular complexity index is 415. The molecule has 0 spiro atoms. The van der Waals surface area contributed by atoms with E-state index < -0.39 is 5.97 Å². The molecule has 0 bridgehead atoms. The predicted molar refractivity (Wildman–Crippen MR) is 103 cm³/mol. The molecule has 0 aliphatic rings. The Hall–Kier alpha value is -1.14. The van der Waals surface area contributed by atoms with Crippen LogP contribution in [-0.2, 0) is 19.1 Å². The number of nitrogens with zero attached hydrogens (tertiary/aromatic N) is 1. The van der Waals surface area contributed by atoms with Crippen LogP contribution in [0.15, 0.2) is 0 Å². The molecule has 6 nitrogen and oxygen atoms in total. The molecular formula is C20H39NO5. The van der Waals surface area contributed by atoms with E-state index >= 15 is 0 Å². The van der Waals surface area contributed by atoms with Crippen molar-refractivity contribution in [1.82, 2.24) is 4.90 Å². The van der Waals surface area contributed by atoms with Crippen LogP contribution in [-0.4, -0.2) is 59.4 Å². The van der Waals surface area contributed by atoms with Crippen LogP contribution < -0.4 is 0 Å². The van der Waals surface area contributed by atoms with Gasteiger partial charge in [0.1, 0.15) is 0 Å². The van der Waals surface area contributed by atoms with E-state index in [1.807, 2.05) is 34.6 Å². The maximum Gasteiger partial charge on any atom is 0.303 e. The van der Waals surface area contributed by atoms with Gasteiger partial charge in [-0.05, 0) is 53.9 Å². The van der Waals surface area contributed by atoms with Gasteiger partial charge in [0.05, 0.1) is 24.4 Å². The minimum Gasteiger partial charge on any atom is -0.481 e. The number of rotatable bonds is 14. The van der Waals surface area contributed by atoms with E-state index in [2.05, 4.69) is 6.92 Å². The van der Waals surface area contributed by atoms with Gasteiger partial charge in [-0.3, -0.25) is 9.59 Å². The number of carbonyl (C=O) groups excluding carboxylic acids is 1. The first-order valence-corrected chi connectivity index (χ1v) is 9.74. The second kappa shape index (κ2) is 12.3. The van der Waals surface area contributed by atoms with Gasteiger partial charge in [-0.2, -0.15) is 0 Å².